The fraction of sp³-hybridized carbons (Fsp3) is 0.421. The Labute approximate surface area is 149 Å². The number of unbranched alkanes of at least 4 members (excludes halogenated alkanes) is 1. The van der Waals surface area contributed by atoms with Crippen molar-refractivity contribution in [1.82, 2.24) is 10.6 Å². The van der Waals surface area contributed by atoms with Gasteiger partial charge in [0.2, 0.25) is 0 Å². The Balaban J connectivity index is 1.55. The van der Waals surface area contributed by atoms with Gasteiger partial charge in [-0.05, 0) is 42.8 Å². The summed E-state index contributed by atoms with van der Waals surface area (Å²) in [6, 6.07) is 14.8. The van der Waals surface area contributed by atoms with Gasteiger partial charge in [0.05, 0.1) is 0 Å². The van der Waals surface area contributed by atoms with Gasteiger partial charge in [-0.25, -0.2) is 0 Å². The first-order chi connectivity index (χ1) is 11.8. The van der Waals surface area contributed by atoms with Crippen molar-refractivity contribution in [3.8, 4) is 0 Å². The highest BCUT2D eigenvalue weighted by molar-refractivity contribution is 7.09. The molecule has 0 bridgehead atoms. The third-order valence-electron chi connectivity index (χ3n) is 3.88. The number of nitrogens with one attached hydrogen (secondary N) is 2. The van der Waals surface area contributed by atoms with Crippen LogP contribution in [0.25, 0.3) is 0 Å². The van der Waals surface area contributed by atoms with E-state index < -0.39 is 0 Å². The van der Waals surface area contributed by atoms with E-state index in [0.717, 1.165) is 44.9 Å². The van der Waals surface area contributed by atoms with Gasteiger partial charge in [0.25, 0.3) is 0 Å². The molecule has 0 radical (unpaired) electrons. The number of anilines is 1. The van der Waals surface area contributed by atoms with Crippen LogP contribution in [0.5, 0.6) is 0 Å². The summed E-state index contributed by atoms with van der Waals surface area (Å²) in [5, 5.41) is 8.88. The van der Waals surface area contributed by atoms with Gasteiger partial charge in [-0.3, -0.25) is 4.99 Å². The number of benzene rings is 1. The first-order valence-electron chi connectivity index (χ1n) is 8.52. The van der Waals surface area contributed by atoms with Gasteiger partial charge in [-0.15, -0.1) is 11.3 Å². The summed E-state index contributed by atoms with van der Waals surface area (Å²) in [4.78, 5) is 7.98. The van der Waals surface area contributed by atoms with Crippen LogP contribution in [0.1, 0.15) is 17.7 Å². The second-order valence-electron chi connectivity index (χ2n) is 5.72. The summed E-state index contributed by atoms with van der Waals surface area (Å²) in [6.07, 6.45) is 3.33. The Bertz CT molecular complexity index is 581. The van der Waals surface area contributed by atoms with E-state index in [1.165, 1.54) is 10.6 Å². The van der Waals surface area contributed by atoms with Crippen molar-refractivity contribution in [2.24, 2.45) is 4.99 Å². The highest BCUT2D eigenvalue weighted by atomic mass is 32.1. The van der Waals surface area contributed by atoms with Crippen molar-refractivity contribution in [3.05, 3.63) is 52.7 Å². The molecule has 5 heteroatoms. The van der Waals surface area contributed by atoms with Gasteiger partial charge in [0.1, 0.15) is 0 Å². The molecule has 0 saturated heterocycles. The molecule has 1 aromatic heterocycles. The summed E-state index contributed by atoms with van der Waals surface area (Å²) in [7, 11) is 3.97. The molecule has 2 aromatic rings. The zero-order valence-corrected chi connectivity index (χ0v) is 15.5. The van der Waals surface area contributed by atoms with Gasteiger partial charge >= 0.3 is 0 Å². The highest BCUT2D eigenvalue weighted by Gasteiger charge is 2.01. The molecule has 2 N–H and O–H groups in total. The van der Waals surface area contributed by atoms with Gasteiger partial charge in [0, 0.05) is 44.3 Å². The summed E-state index contributed by atoms with van der Waals surface area (Å²) < 4.78 is 0. The van der Waals surface area contributed by atoms with Gasteiger partial charge in [0.15, 0.2) is 5.96 Å². The molecule has 0 unspecified atom stereocenters. The Morgan fingerprint density at radius 2 is 1.83 bits per heavy atom. The number of thiophene rings is 1. The third kappa shape index (κ3) is 6.62. The van der Waals surface area contributed by atoms with Crippen LogP contribution >= 0.6 is 11.3 Å². The number of nitrogens with zero attached hydrogens (tertiary/aromatic N) is 2. The van der Waals surface area contributed by atoms with E-state index in [1.54, 1.807) is 11.3 Å². The predicted octanol–water partition coefficient (Wildman–Crippen LogP) is 3.37. The third-order valence-corrected chi connectivity index (χ3v) is 4.81. The Morgan fingerprint density at radius 3 is 2.54 bits per heavy atom. The summed E-state index contributed by atoms with van der Waals surface area (Å²) in [5.41, 5.74) is 1.27. The topological polar surface area (TPSA) is 39.7 Å². The smallest absolute Gasteiger partial charge is 0.190 e. The number of guanidine groups is 1. The Hall–Kier alpha value is -2.01. The molecule has 0 aliphatic heterocycles. The van der Waals surface area contributed by atoms with Crippen LogP contribution < -0.4 is 15.5 Å². The number of aliphatic imine (C=N–C) groups is 1. The molecule has 0 spiro atoms. The molecule has 130 valence electrons. The molecule has 0 atom stereocenters. The lowest BCUT2D eigenvalue weighted by atomic mass is 10.2. The first-order valence-corrected chi connectivity index (χ1v) is 9.40. The lowest BCUT2D eigenvalue weighted by Crippen LogP contribution is -2.38. The monoisotopic (exact) mass is 344 g/mol. The predicted molar refractivity (Wildman–Crippen MR) is 106 cm³/mol. The second kappa shape index (κ2) is 10.7. The number of rotatable bonds is 9. The summed E-state index contributed by atoms with van der Waals surface area (Å²) in [5.74, 6) is 0.892. The minimum absolute atomic E-state index is 0.892. The standard InChI is InChI=1S/C19H28N4S/c1-20-19(22-14-12-18-11-8-16-24-18)21-13-6-7-15-23(2)17-9-4-3-5-10-17/h3-5,8-11,16H,6-7,12-15H2,1-2H3,(H2,20,21,22). The van der Waals surface area contributed by atoms with Crippen LogP contribution in [-0.2, 0) is 6.42 Å². The van der Waals surface area contributed by atoms with E-state index in [0.29, 0.717) is 0 Å². The van der Waals surface area contributed by atoms with Gasteiger partial charge in [-0.1, -0.05) is 24.3 Å². The average molecular weight is 345 g/mol. The van der Waals surface area contributed by atoms with Crippen molar-refractivity contribution >= 4 is 23.0 Å². The van der Waals surface area contributed by atoms with Gasteiger partial charge in [-0.2, -0.15) is 0 Å². The molecule has 1 heterocycles. The second-order valence-corrected chi connectivity index (χ2v) is 6.75. The zero-order chi connectivity index (χ0) is 17.0. The molecule has 0 aliphatic carbocycles. The fourth-order valence-electron chi connectivity index (χ4n) is 2.47. The highest BCUT2D eigenvalue weighted by Crippen LogP contribution is 2.11. The fourth-order valence-corrected chi connectivity index (χ4v) is 3.18. The van der Waals surface area contributed by atoms with Crippen molar-refractivity contribution in [2.45, 2.75) is 19.3 Å². The van der Waals surface area contributed by atoms with E-state index in [-0.39, 0.29) is 0 Å². The molecule has 1 aromatic carbocycles. The summed E-state index contributed by atoms with van der Waals surface area (Å²) >= 11 is 1.80. The first kappa shape index (κ1) is 18.3. The molecule has 2 rings (SSSR count). The molecule has 0 amide bonds. The van der Waals surface area contributed by atoms with E-state index in [1.807, 2.05) is 7.05 Å². The van der Waals surface area contributed by atoms with Crippen LogP contribution in [0, 0.1) is 0 Å². The van der Waals surface area contributed by atoms with E-state index >= 15 is 0 Å². The van der Waals surface area contributed by atoms with E-state index in [4.69, 9.17) is 0 Å². The van der Waals surface area contributed by atoms with Gasteiger partial charge < -0.3 is 15.5 Å². The largest absolute Gasteiger partial charge is 0.375 e. The van der Waals surface area contributed by atoms with Crippen molar-refractivity contribution in [2.75, 3.05) is 38.6 Å². The van der Waals surface area contributed by atoms with Crippen molar-refractivity contribution in [3.63, 3.8) is 0 Å². The number of hydrogen-bond acceptors (Lipinski definition) is 3. The molecule has 0 aliphatic rings. The minimum atomic E-state index is 0.892. The van der Waals surface area contributed by atoms with Crippen LogP contribution in [0.4, 0.5) is 5.69 Å². The lowest BCUT2D eigenvalue weighted by molar-refractivity contribution is 0.686. The number of hydrogen-bond donors (Lipinski definition) is 2. The molecule has 24 heavy (non-hydrogen) atoms. The summed E-state index contributed by atoms with van der Waals surface area (Å²) in [6.45, 7) is 2.92. The quantitative estimate of drug-likeness (QED) is 0.416. The molecular weight excluding hydrogens is 316 g/mol. The van der Waals surface area contributed by atoms with E-state index in [2.05, 4.69) is 75.4 Å². The van der Waals surface area contributed by atoms with Crippen LogP contribution in [0.3, 0.4) is 0 Å². The Kier molecular flexibility index (Phi) is 8.18. The normalized spacial score (nSPS) is 11.3. The van der Waals surface area contributed by atoms with Crippen LogP contribution in [0.15, 0.2) is 52.8 Å². The molecule has 0 fully saturated rings. The van der Waals surface area contributed by atoms with Crippen molar-refractivity contribution < 1.29 is 0 Å². The Morgan fingerprint density at radius 1 is 1.04 bits per heavy atom. The molecule has 0 saturated carbocycles. The SMILES string of the molecule is CN=C(NCCCCN(C)c1ccccc1)NCCc1cccs1. The maximum atomic E-state index is 4.27. The maximum Gasteiger partial charge on any atom is 0.190 e. The lowest BCUT2D eigenvalue weighted by Gasteiger charge is -2.19. The average Bonchev–Trinajstić information content (AvgIpc) is 3.14. The number of para-hydroxylation sites is 1. The van der Waals surface area contributed by atoms with Crippen LogP contribution in [0.2, 0.25) is 0 Å². The van der Waals surface area contributed by atoms with Crippen LogP contribution in [-0.4, -0.2) is 39.7 Å². The molecular formula is C19H28N4S. The zero-order valence-electron chi connectivity index (χ0n) is 14.7. The maximum absolute atomic E-state index is 4.27. The van der Waals surface area contributed by atoms with E-state index in [9.17, 15) is 0 Å². The minimum Gasteiger partial charge on any atom is -0.375 e. The molecule has 4 nitrogen and oxygen atoms in total. The van der Waals surface area contributed by atoms with Crippen molar-refractivity contribution in [1.29, 1.82) is 0 Å².